The van der Waals surface area contributed by atoms with Gasteiger partial charge >= 0.3 is 5.97 Å². The van der Waals surface area contributed by atoms with Crippen LogP contribution in [-0.2, 0) is 14.3 Å². The molecule has 0 aliphatic carbocycles. The normalized spacial score (nSPS) is 5.90. The SMILES string of the molecule is C.CC=O.CCC(=O)OC. The first kappa shape index (κ1) is 16.1. The maximum absolute atomic E-state index is 9.96. The predicted octanol–water partition coefficient (Wildman–Crippen LogP) is 1.41. The lowest BCUT2D eigenvalue weighted by atomic mass is 10.5. The van der Waals surface area contributed by atoms with E-state index < -0.39 is 0 Å². The van der Waals surface area contributed by atoms with E-state index in [-0.39, 0.29) is 13.4 Å². The van der Waals surface area contributed by atoms with Gasteiger partial charge in [0.15, 0.2) is 0 Å². The molecular weight excluding hydrogens is 132 g/mol. The Kier molecular flexibility index (Phi) is 25.2. The number of carbonyl (C=O) groups excluding carboxylic acids is 2. The summed E-state index contributed by atoms with van der Waals surface area (Å²) in [6.07, 6.45) is 1.22. The summed E-state index contributed by atoms with van der Waals surface area (Å²) >= 11 is 0. The van der Waals surface area contributed by atoms with E-state index in [0.29, 0.717) is 6.42 Å². The molecule has 0 rings (SSSR count). The molecule has 10 heavy (non-hydrogen) atoms. The molecule has 0 amide bonds. The van der Waals surface area contributed by atoms with Crippen LogP contribution in [0.4, 0.5) is 0 Å². The van der Waals surface area contributed by atoms with Crippen LogP contribution in [0.25, 0.3) is 0 Å². The van der Waals surface area contributed by atoms with E-state index in [4.69, 9.17) is 4.79 Å². The number of aldehydes is 1. The summed E-state index contributed by atoms with van der Waals surface area (Å²) in [5.41, 5.74) is 0. The Morgan fingerprint density at radius 3 is 1.90 bits per heavy atom. The van der Waals surface area contributed by atoms with E-state index in [2.05, 4.69) is 4.74 Å². The molecule has 0 aliphatic heterocycles. The molecule has 0 N–H and O–H groups in total. The standard InChI is InChI=1S/C4H8O2.C2H4O.CH4/c1-3-4(5)6-2;1-2-3;/h3H2,1-2H3;2H,1H3;1H4. The van der Waals surface area contributed by atoms with Crippen LogP contribution < -0.4 is 0 Å². The summed E-state index contributed by atoms with van der Waals surface area (Å²) in [6, 6.07) is 0. The zero-order valence-corrected chi connectivity index (χ0v) is 6.01. The number of ether oxygens (including phenoxy) is 1. The topological polar surface area (TPSA) is 43.4 Å². The Bertz CT molecular complexity index is 72.9. The van der Waals surface area contributed by atoms with Crippen LogP contribution in [-0.4, -0.2) is 19.4 Å². The van der Waals surface area contributed by atoms with Crippen LogP contribution in [0.5, 0.6) is 0 Å². The number of rotatable bonds is 1. The van der Waals surface area contributed by atoms with Crippen LogP contribution >= 0.6 is 0 Å². The van der Waals surface area contributed by atoms with Gasteiger partial charge in [-0.2, -0.15) is 0 Å². The fourth-order valence-corrected chi connectivity index (χ4v) is 0.144. The van der Waals surface area contributed by atoms with E-state index >= 15 is 0 Å². The first-order valence-electron chi connectivity index (χ1n) is 2.69. The van der Waals surface area contributed by atoms with Gasteiger partial charge in [0, 0.05) is 6.42 Å². The zero-order valence-electron chi connectivity index (χ0n) is 6.01. The highest BCUT2D eigenvalue weighted by molar-refractivity contribution is 5.68. The Morgan fingerprint density at radius 1 is 1.60 bits per heavy atom. The molecule has 0 bridgehead atoms. The van der Waals surface area contributed by atoms with Gasteiger partial charge in [0.05, 0.1) is 7.11 Å². The van der Waals surface area contributed by atoms with Crippen LogP contribution in [0.2, 0.25) is 0 Å². The highest BCUT2D eigenvalue weighted by Crippen LogP contribution is 1.76. The zero-order chi connectivity index (χ0) is 7.70. The largest absolute Gasteiger partial charge is 0.469 e. The van der Waals surface area contributed by atoms with Crippen LogP contribution in [0.15, 0.2) is 0 Å². The van der Waals surface area contributed by atoms with Crippen molar-refractivity contribution in [3.05, 3.63) is 0 Å². The summed E-state index contributed by atoms with van der Waals surface area (Å²) in [4.78, 5) is 18.8. The molecule has 0 saturated heterocycles. The third-order valence-electron chi connectivity index (χ3n) is 0.516. The molecule has 3 nitrogen and oxygen atoms in total. The first-order valence-corrected chi connectivity index (χ1v) is 2.69. The number of hydrogen-bond donors (Lipinski definition) is 0. The van der Waals surface area contributed by atoms with Gasteiger partial charge in [-0.15, -0.1) is 0 Å². The molecule has 0 unspecified atom stereocenters. The van der Waals surface area contributed by atoms with Gasteiger partial charge in [-0.05, 0) is 6.92 Å². The second kappa shape index (κ2) is 15.7. The van der Waals surface area contributed by atoms with Crippen molar-refractivity contribution in [3.8, 4) is 0 Å². The van der Waals surface area contributed by atoms with Gasteiger partial charge in [-0.25, -0.2) is 0 Å². The van der Waals surface area contributed by atoms with Crippen molar-refractivity contribution in [2.45, 2.75) is 27.7 Å². The molecule has 0 fully saturated rings. The van der Waals surface area contributed by atoms with Crippen molar-refractivity contribution >= 4 is 12.3 Å². The molecule has 0 radical (unpaired) electrons. The summed E-state index contributed by atoms with van der Waals surface area (Å²) < 4.78 is 4.26. The molecule has 0 saturated carbocycles. The lowest BCUT2D eigenvalue weighted by molar-refractivity contribution is -0.140. The van der Waals surface area contributed by atoms with Crippen molar-refractivity contribution in [1.82, 2.24) is 0 Å². The molecule has 62 valence electrons. The van der Waals surface area contributed by atoms with Crippen molar-refractivity contribution < 1.29 is 14.3 Å². The first-order chi connectivity index (χ1) is 4.22. The average molecular weight is 148 g/mol. The second-order valence-electron chi connectivity index (χ2n) is 1.17. The summed E-state index contributed by atoms with van der Waals surface area (Å²) in [5, 5.41) is 0. The Morgan fingerprint density at radius 2 is 1.90 bits per heavy atom. The van der Waals surface area contributed by atoms with Gasteiger partial charge in [0.2, 0.25) is 0 Å². The second-order valence-corrected chi connectivity index (χ2v) is 1.17. The predicted molar refractivity (Wildman–Crippen MR) is 40.8 cm³/mol. The van der Waals surface area contributed by atoms with Crippen LogP contribution in [0, 0.1) is 0 Å². The Balaban J connectivity index is -0.000000107. The van der Waals surface area contributed by atoms with Gasteiger partial charge in [0.1, 0.15) is 6.29 Å². The smallest absolute Gasteiger partial charge is 0.305 e. The van der Waals surface area contributed by atoms with Gasteiger partial charge in [-0.3, -0.25) is 4.79 Å². The molecule has 0 aromatic carbocycles. The maximum atomic E-state index is 9.96. The molecule has 0 heterocycles. The van der Waals surface area contributed by atoms with E-state index in [1.54, 1.807) is 6.92 Å². The fraction of sp³-hybridized carbons (Fsp3) is 0.714. The minimum Gasteiger partial charge on any atom is -0.469 e. The quantitative estimate of drug-likeness (QED) is 0.417. The lowest BCUT2D eigenvalue weighted by Gasteiger charge is -1.87. The van der Waals surface area contributed by atoms with Crippen molar-refractivity contribution in [1.29, 1.82) is 0 Å². The van der Waals surface area contributed by atoms with Crippen molar-refractivity contribution in [2.75, 3.05) is 7.11 Å². The molecule has 0 aromatic heterocycles. The third kappa shape index (κ3) is 27.3. The highest BCUT2D eigenvalue weighted by Gasteiger charge is 1.87. The molecule has 0 aliphatic rings. The minimum atomic E-state index is -0.157. The van der Waals surface area contributed by atoms with E-state index in [1.807, 2.05) is 0 Å². The fourth-order valence-electron chi connectivity index (χ4n) is 0.144. The van der Waals surface area contributed by atoms with Crippen molar-refractivity contribution in [3.63, 3.8) is 0 Å². The van der Waals surface area contributed by atoms with Gasteiger partial charge < -0.3 is 9.53 Å². The molecule has 3 heteroatoms. The van der Waals surface area contributed by atoms with E-state index in [1.165, 1.54) is 14.0 Å². The molecule has 0 aromatic rings. The highest BCUT2D eigenvalue weighted by atomic mass is 16.5. The van der Waals surface area contributed by atoms with Crippen molar-refractivity contribution in [2.24, 2.45) is 0 Å². The third-order valence-corrected chi connectivity index (χ3v) is 0.516. The number of hydrogen-bond acceptors (Lipinski definition) is 3. The molecule has 0 spiro atoms. The Hall–Kier alpha value is -0.860. The summed E-state index contributed by atoms with van der Waals surface area (Å²) in [7, 11) is 1.38. The molecular formula is C7H16O3. The lowest BCUT2D eigenvalue weighted by Crippen LogP contribution is -1.94. The number of methoxy groups -OCH3 is 1. The molecule has 0 atom stereocenters. The maximum Gasteiger partial charge on any atom is 0.305 e. The number of esters is 1. The summed E-state index contributed by atoms with van der Waals surface area (Å²) in [5.74, 6) is -0.157. The van der Waals surface area contributed by atoms with Gasteiger partial charge in [0.25, 0.3) is 0 Å². The van der Waals surface area contributed by atoms with E-state index in [9.17, 15) is 4.79 Å². The average Bonchev–Trinajstić information content (AvgIpc) is 1.88. The van der Waals surface area contributed by atoms with Gasteiger partial charge in [-0.1, -0.05) is 14.4 Å². The minimum absolute atomic E-state index is 0. The Labute approximate surface area is 62.4 Å². The van der Waals surface area contributed by atoms with Crippen LogP contribution in [0.3, 0.4) is 0 Å². The van der Waals surface area contributed by atoms with Crippen LogP contribution in [0.1, 0.15) is 27.7 Å². The monoisotopic (exact) mass is 148 g/mol. The number of carbonyl (C=O) groups is 2. The summed E-state index contributed by atoms with van der Waals surface area (Å²) in [6.45, 7) is 3.20. The van der Waals surface area contributed by atoms with E-state index in [0.717, 1.165) is 6.29 Å².